The zero-order valence-electron chi connectivity index (χ0n) is 17.4. The largest absolute Gasteiger partial charge is 0.414 e. The Labute approximate surface area is 194 Å². The second-order valence-corrected chi connectivity index (χ2v) is 10.4. The summed E-state index contributed by atoms with van der Waals surface area (Å²) in [6, 6.07) is 14.2. The first-order valence-electron chi connectivity index (χ1n) is 9.75. The van der Waals surface area contributed by atoms with E-state index in [1.54, 1.807) is 38.1 Å². The fourth-order valence-corrected chi connectivity index (χ4v) is 4.39. The Morgan fingerprint density at radius 2 is 1.59 bits per heavy atom. The molecule has 0 unspecified atom stereocenters. The minimum absolute atomic E-state index is 0.149. The molecule has 0 saturated carbocycles. The van der Waals surface area contributed by atoms with Crippen LogP contribution in [0.5, 0.6) is 0 Å². The second-order valence-electron chi connectivity index (χ2n) is 7.35. The molecule has 4 rings (SSSR count). The lowest BCUT2D eigenvalue weighted by Crippen LogP contribution is -2.13. The molecule has 4 aromatic rings. The van der Waals surface area contributed by atoms with Crippen molar-refractivity contribution in [3.8, 4) is 34.3 Å². The molecule has 0 aliphatic carbocycles. The van der Waals surface area contributed by atoms with E-state index in [4.69, 9.17) is 10.2 Å². The van der Waals surface area contributed by atoms with Crippen LogP contribution in [0.3, 0.4) is 0 Å². The normalized spacial score (nSPS) is 11.8. The van der Waals surface area contributed by atoms with E-state index in [0.29, 0.717) is 17.1 Å². The van der Waals surface area contributed by atoms with E-state index in [2.05, 4.69) is 36.1 Å². The van der Waals surface area contributed by atoms with E-state index in [-0.39, 0.29) is 22.3 Å². The van der Waals surface area contributed by atoms with Crippen LogP contribution < -0.4 is 5.73 Å². The van der Waals surface area contributed by atoms with Gasteiger partial charge in [0.2, 0.25) is 5.89 Å². The molecule has 10 heteroatoms. The average Bonchev–Trinajstić information content (AvgIpc) is 3.29. The number of rotatable bonds is 6. The molecule has 2 aromatic heterocycles. The van der Waals surface area contributed by atoms with Gasteiger partial charge in [-0.3, -0.25) is 0 Å². The molecule has 0 spiro atoms. The molecule has 32 heavy (non-hydrogen) atoms. The molecular weight excluding hydrogens is 494 g/mol. The number of hydrogen-bond donors (Lipinski definition) is 1. The van der Waals surface area contributed by atoms with Crippen LogP contribution in [0.25, 0.3) is 34.3 Å². The number of nitrogens with two attached hydrogens (primary N) is 1. The highest BCUT2D eigenvalue weighted by atomic mass is 79.9. The molecule has 0 radical (unpaired) electrons. The van der Waals surface area contributed by atoms with Crippen LogP contribution in [0.15, 0.2) is 64.0 Å². The number of halogens is 1. The smallest absolute Gasteiger partial charge is 0.270 e. The van der Waals surface area contributed by atoms with Gasteiger partial charge in [-0.05, 0) is 43.7 Å². The van der Waals surface area contributed by atoms with Crippen LogP contribution in [0.4, 0.5) is 5.82 Å². The zero-order valence-corrected chi connectivity index (χ0v) is 19.8. The van der Waals surface area contributed by atoms with Crippen molar-refractivity contribution in [2.24, 2.45) is 0 Å². The Hall–Kier alpha value is -3.11. The number of benzene rings is 2. The summed E-state index contributed by atoms with van der Waals surface area (Å²) in [6.45, 7) is 3.30. The zero-order chi connectivity index (χ0) is 22.9. The maximum atomic E-state index is 12.3. The van der Waals surface area contributed by atoms with Gasteiger partial charge in [0.1, 0.15) is 0 Å². The third-order valence-corrected chi connectivity index (χ3v) is 7.70. The summed E-state index contributed by atoms with van der Waals surface area (Å²) in [7, 11) is -3.35. The maximum absolute atomic E-state index is 12.3. The van der Waals surface area contributed by atoms with Gasteiger partial charge >= 0.3 is 0 Å². The SMILES string of the molecule is CC(C)S(=O)(=O)c1ccc(-c2cnc(N)c(-c3nnc(-c4ccc(CBr)cc4)o3)n2)cc1. The van der Waals surface area contributed by atoms with Gasteiger partial charge in [0, 0.05) is 16.5 Å². The summed E-state index contributed by atoms with van der Waals surface area (Å²) in [5.41, 5.74) is 9.37. The van der Waals surface area contributed by atoms with Crippen molar-refractivity contribution in [3.05, 3.63) is 60.3 Å². The third kappa shape index (κ3) is 4.28. The summed E-state index contributed by atoms with van der Waals surface area (Å²) in [6.07, 6.45) is 1.51. The van der Waals surface area contributed by atoms with Gasteiger partial charge in [0.25, 0.3) is 5.89 Å². The van der Waals surface area contributed by atoms with Crippen molar-refractivity contribution in [2.75, 3.05) is 5.73 Å². The molecular formula is C22H20BrN5O3S. The molecule has 2 aromatic carbocycles. The lowest BCUT2D eigenvalue weighted by molar-refractivity contribution is 0.582. The third-order valence-electron chi connectivity index (χ3n) is 4.88. The second kappa shape index (κ2) is 8.79. The number of sulfone groups is 1. The van der Waals surface area contributed by atoms with Crippen LogP contribution >= 0.6 is 15.9 Å². The molecule has 0 fully saturated rings. The summed E-state index contributed by atoms with van der Waals surface area (Å²) in [5, 5.41) is 8.43. The van der Waals surface area contributed by atoms with Gasteiger partial charge in [0.05, 0.1) is 22.0 Å². The molecule has 164 valence electrons. The predicted octanol–water partition coefficient (Wildman–Crippen LogP) is 4.52. The maximum Gasteiger partial charge on any atom is 0.270 e. The van der Waals surface area contributed by atoms with Gasteiger partial charge in [-0.25, -0.2) is 18.4 Å². The molecule has 0 aliphatic rings. The van der Waals surface area contributed by atoms with E-state index >= 15 is 0 Å². The first-order valence-corrected chi connectivity index (χ1v) is 12.4. The number of alkyl halides is 1. The molecule has 2 N–H and O–H groups in total. The van der Waals surface area contributed by atoms with E-state index in [9.17, 15) is 8.42 Å². The van der Waals surface area contributed by atoms with Crippen molar-refractivity contribution < 1.29 is 12.8 Å². The predicted molar refractivity (Wildman–Crippen MR) is 126 cm³/mol. The highest BCUT2D eigenvalue weighted by molar-refractivity contribution is 9.08. The Morgan fingerprint density at radius 1 is 0.969 bits per heavy atom. The number of nitrogen functional groups attached to an aromatic ring is 1. The van der Waals surface area contributed by atoms with Gasteiger partial charge in [0.15, 0.2) is 21.3 Å². The fourth-order valence-electron chi connectivity index (χ4n) is 2.95. The van der Waals surface area contributed by atoms with E-state index < -0.39 is 15.1 Å². The van der Waals surface area contributed by atoms with Crippen LogP contribution in [0, 0.1) is 0 Å². The lowest BCUT2D eigenvalue weighted by Gasteiger charge is -2.09. The Kier molecular flexibility index (Phi) is 6.07. The Bertz CT molecular complexity index is 1350. The molecule has 2 heterocycles. The van der Waals surface area contributed by atoms with Crippen molar-refractivity contribution in [1.82, 2.24) is 20.2 Å². The summed E-state index contributed by atoms with van der Waals surface area (Å²) >= 11 is 3.42. The van der Waals surface area contributed by atoms with E-state index in [1.165, 1.54) is 6.20 Å². The van der Waals surface area contributed by atoms with E-state index in [1.807, 2.05) is 24.3 Å². The molecule has 0 aliphatic heterocycles. The molecule has 8 nitrogen and oxygen atoms in total. The van der Waals surface area contributed by atoms with E-state index in [0.717, 1.165) is 16.5 Å². The van der Waals surface area contributed by atoms with Crippen molar-refractivity contribution >= 4 is 31.6 Å². The van der Waals surface area contributed by atoms with Crippen LogP contribution in [-0.4, -0.2) is 33.8 Å². The summed E-state index contributed by atoms with van der Waals surface area (Å²) < 4.78 is 30.5. The molecule has 0 bridgehead atoms. The standard InChI is InChI=1S/C22H20BrN5O3S/c1-13(2)32(29,30)17-9-7-15(8-10-17)18-12-25-20(24)19(26-18)22-28-27-21(31-22)16-5-3-14(11-23)4-6-16/h3-10,12-13H,11H2,1-2H3,(H2,24,25). The lowest BCUT2D eigenvalue weighted by atomic mass is 10.1. The van der Waals surface area contributed by atoms with Gasteiger partial charge in [-0.15, -0.1) is 10.2 Å². The van der Waals surface area contributed by atoms with Crippen LogP contribution in [0.2, 0.25) is 0 Å². The number of nitrogens with zero attached hydrogens (tertiary/aromatic N) is 4. The minimum Gasteiger partial charge on any atom is -0.414 e. The number of hydrogen-bond acceptors (Lipinski definition) is 8. The van der Waals surface area contributed by atoms with Crippen molar-refractivity contribution in [2.45, 2.75) is 29.3 Å². The first-order chi connectivity index (χ1) is 15.3. The topological polar surface area (TPSA) is 125 Å². The molecule has 0 amide bonds. The van der Waals surface area contributed by atoms with Crippen molar-refractivity contribution in [3.63, 3.8) is 0 Å². The van der Waals surface area contributed by atoms with Crippen LogP contribution in [-0.2, 0) is 15.2 Å². The van der Waals surface area contributed by atoms with Gasteiger partial charge in [-0.2, -0.15) is 0 Å². The Balaban J connectivity index is 1.66. The van der Waals surface area contributed by atoms with Crippen LogP contribution in [0.1, 0.15) is 19.4 Å². The fraction of sp³-hybridized carbons (Fsp3) is 0.182. The average molecular weight is 514 g/mol. The number of aromatic nitrogens is 4. The number of anilines is 1. The summed E-state index contributed by atoms with van der Waals surface area (Å²) in [4.78, 5) is 8.99. The first kappa shape index (κ1) is 22.1. The Morgan fingerprint density at radius 3 is 2.22 bits per heavy atom. The summed E-state index contributed by atoms with van der Waals surface area (Å²) in [5.74, 6) is 0.643. The highest BCUT2D eigenvalue weighted by Crippen LogP contribution is 2.29. The highest BCUT2D eigenvalue weighted by Gasteiger charge is 2.20. The molecule has 0 atom stereocenters. The monoisotopic (exact) mass is 513 g/mol. The molecule has 0 saturated heterocycles. The minimum atomic E-state index is -3.35. The van der Waals surface area contributed by atoms with Crippen molar-refractivity contribution in [1.29, 1.82) is 0 Å². The quantitative estimate of drug-likeness (QED) is 0.373. The van der Waals surface area contributed by atoms with Gasteiger partial charge in [-0.1, -0.05) is 40.2 Å². The van der Waals surface area contributed by atoms with Gasteiger partial charge < -0.3 is 10.2 Å².